The van der Waals surface area contributed by atoms with Gasteiger partial charge in [-0.25, -0.2) is 4.79 Å². The van der Waals surface area contributed by atoms with Crippen molar-refractivity contribution >= 4 is 27.8 Å². The van der Waals surface area contributed by atoms with Crippen molar-refractivity contribution in [3.8, 4) is 0 Å². The van der Waals surface area contributed by atoms with Crippen LogP contribution in [0.4, 0.5) is 0 Å². The van der Waals surface area contributed by atoms with E-state index in [0.29, 0.717) is 19.3 Å². The first-order valence-electron chi connectivity index (χ1n) is 13.2. The highest BCUT2D eigenvalue weighted by atomic mass is 32.2. The molecule has 3 aliphatic rings. The Bertz CT molecular complexity index is 1230. The Hall–Kier alpha value is -2.30. The second kappa shape index (κ2) is 9.71. The van der Waals surface area contributed by atoms with Crippen LogP contribution in [0.3, 0.4) is 0 Å². The number of rotatable bonds is 6. The highest BCUT2D eigenvalue weighted by Gasteiger charge is 2.69. The van der Waals surface area contributed by atoms with Crippen LogP contribution in [0.1, 0.15) is 65.4 Å². The van der Waals surface area contributed by atoms with Crippen LogP contribution >= 0.6 is 0 Å². The van der Waals surface area contributed by atoms with Gasteiger partial charge in [-0.2, -0.15) is 8.42 Å². The highest BCUT2D eigenvalue weighted by Crippen LogP contribution is 2.67. The van der Waals surface area contributed by atoms with Crippen molar-refractivity contribution in [2.45, 2.75) is 83.8 Å². The van der Waals surface area contributed by atoms with E-state index in [2.05, 4.69) is 0 Å². The summed E-state index contributed by atoms with van der Waals surface area (Å²) in [6.07, 6.45) is -0.264. The van der Waals surface area contributed by atoms with E-state index in [9.17, 15) is 33.0 Å². The van der Waals surface area contributed by atoms with Crippen LogP contribution in [0.5, 0.6) is 0 Å². The second-order valence-corrected chi connectivity index (χ2v) is 13.7. The van der Waals surface area contributed by atoms with Crippen LogP contribution in [0.25, 0.3) is 0 Å². The number of carboxylic acids is 1. The van der Waals surface area contributed by atoms with Gasteiger partial charge in [0, 0.05) is 24.2 Å². The summed E-state index contributed by atoms with van der Waals surface area (Å²) in [5, 5.41) is 21.7. The number of hydrogen-bond acceptors (Lipinski definition) is 8. The number of carbonyl (C=O) groups excluding carboxylic acids is 2. The molecule has 10 heteroatoms. The second-order valence-electron chi connectivity index (χ2n) is 12.1. The number of aliphatic hydroxyl groups excluding tert-OH is 1. The molecule has 0 heterocycles. The SMILES string of the molecule is Cc1ccc(S(=O)(=O)OCC(=O)O[C@@H]2C[C@](C)(C(=O)O)[C@@H](O)[C@H](C)[C@]34CCC(=O)[C@H]3[C@@]2(C)[C@H](C)CC4)cc1. The fraction of sp³-hybridized carbons (Fsp3) is 0.679. The van der Waals surface area contributed by atoms with Gasteiger partial charge < -0.3 is 14.9 Å². The van der Waals surface area contributed by atoms with E-state index in [4.69, 9.17) is 8.92 Å². The zero-order valence-electron chi connectivity index (χ0n) is 22.6. The smallest absolute Gasteiger partial charge is 0.333 e. The molecule has 3 saturated carbocycles. The van der Waals surface area contributed by atoms with Crippen LogP contribution in [0.2, 0.25) is 0 Å². The molecule has 0 aromatic heterocycles. The van der Waals surface area contributed by atoms with Crippen LogP contribution in [-0.4, -0.2) is 55.2 Å². The van der Waals surface area contributed by atoms with Crippen molar-refractivity contribution in [2.75, 3.05) is 6.61 Å². The first kappa shape index (κ1) is 28.7. The molecule has 0 spiro atoms. The maximum atomic E-state index is 13.4. The predicted octanol–water partition coefficient (Wildman–Crippen LogP) is 3.51. The van der Waals surface area contributed by atoms with E-state index < -0.39 is 69.0 Å². The summed E-state index contributed by atoms with van der Waals surface area (Å²) in [6.45, 7) is 8.06. The number of aliphatic hydroxyl groups is 1. The fourth-order valence-electron chi connectivity index (χ4n) is 7.57. The summed E-state index contributed by atoms with van der Waals surface area (Å²) in [5.41, 5.74) is -2.30. The third-order valence-corrected chi connectivity index (χ3v) is 11.5. The number of carboxylic acid groups (broad SMARTS) is 1. The first-order chi connectivity index (χ1) is 17.6. The Balaban J connectivity index is 1.68. The van der Waals surface area contributed by atoms with E-state index in [1.54, 1.807) is 12.1 Å². The quantitative estimate of drug-likeness (QED) is 0.401. The fourth-order valence-corrected chi connectivity index (χ4v) is 8.43. The van der Waals surface area contributed by atoms with Gasteiger partial charge >= 0.3 is 11.9 Å². The molecule has 0 radical (unpaired) electrons. The molecule has 1 aromatic rings. The average molecular weight is 551 g/mol. The minimum Gasteiger partial charge on any atom is -0.481 e. The molecular formula is C28H38O9S. The summed E-state index contributed by atoms with van der Waals surface area (Å²) >= 11 is 0. The minimum atomic E-state index is -4.23. The molecule has 210 valence electrons. The monoisotopic (exact) mass is 550 g/mol. The predicted molar refractivity (Wildman–Crippen MR) is 136 cm³/mol. The molecule has 0 amide bonds. The molecule has 4 rings (SSSR count). The van der Waals surface area contributed by atoms with Gasteiger partial charge in [-0.15, -0.1) is 0 Å². The van der Waals surface area contributed by atoms with Gasteiger partial charge in [0.05, 0.1) is 16.4 Å². The van der Waals surface area contributed by atoms with Crippen molar-refractivity contribution < 1.29 is 41.9 Å². The van der Waals surface area contributed by atoms with Gasteiger partial charge in [0.15, 0.2) is 6.61 Å². The molecular weight excluding hydrogens is 512 g/mol. The summed E-state index contributed by atoms with van der Waals surface area (Å²) in [6, 6.07) is 5.97. The minimum absolute atomic E-state index is 0.0382. The molecule has 8 atom stereocenters. The number of Topliss-reactive ketones (excluding diaryl/α,β-unsaturated/α-hetero) is 1. The number of aryl methyl sites for hydroxylation is 1. The lowest BCUT2D eigenvalue weighted by molar-refractivity contribution is -0.217. The van der Waals surface area contributed by atoms with Crippen LogP contribution in [-0.2, 0) is 33.4 Å². The molecule has 38 heavy (non-hydrogen) atoms. The molecule has 2 N–H and O–H groups in total. The maximum Gasteiger partial charge on any atom is 0.333 e. The standard InChI is InChI=1S/C28H38O9S/c1-16-6-8-19(9-7-16)38(34,35)36-15-22(30)37-21-14-26(4,25(32)33)24(31)18(3)28-12-10-17(2)27(21,5)23(28)20(29)11-13-28/h6-9,17-18,21,23-24,31H,10-15H2,1-5H3,(H,32,33)/t17-,18+,21-,23+,24+,26+,27+,28+/m1/s1. The summed E-state index contributed by atoms with van der Waals surface area (Å²) < 4.78 is 36.1. The molecule has 1 aromatic carbocycles. The number of aliphatic carboxylic acids is 1. The van der Waals surface area contributed by atoms with E-state index in [-0.39, 0.29) is 23.0 Å². The number of ether oxygens (including phenoxy) is 1. The lowest BCUT2D eigenvalue weighted by Gasteiger charge is -2.61. The lowest BCUT2D eigenvalue weighted by atomic mass is 9.44. The summed E-state index contributed by atoms with van der Waals surface area (Å²) in [7, 11) is -4.23. The Labute approximate surface area is 224 Å². The molecule has 2 bridgehead atoms. The average Bonchev–Trinajstić information content (AvgIpc) is 3.21. The van der Waals surface area contributed by atoms with E-state index >= 15 is 0 Å². The highest BCUT2D eigenvalue weighted by molar-refractivity contribution is 7.86. The Morgan fingerprint density at radius 1 is 1.11 bits per heavy atom. The van der Waals surface area contributed by atoms with Crippen molar-refractivity contribution in [2.24, 2.45) is 34.0 Å². The van der Waals surface area contributed by atoms with E-state index in [0.717, 1.165) is 12.0 Å². The van der Waals surface area contributed by atoms with Crippen molar-refractivity contribution in [1.29, 1.82) is 0 Å². The van der Waals surface area contributed by atoms with Gasteiger partial charge in [0.2, 0.25) is 0 Å². The van der Waals surface area contributed by atoms with E-state index in [1.807, 2.05) is 27.7 Å². The Morgan fingerprint density at radius 3 is 2.34 bits per heavy atom. The molecule has 0 aliphatic heterocycles. The third-order valence-electron chi connectivity index (χ3n) is 10.2. The van der Waals surface area contributed by atoms with Gasteiger partial charge in [0.25, 0.3) is 10.1 Å². The molecule has 9 nitrogen and oxygen atoms in total. The normalized spacial score (nSPS) is 39.1. The van der Waals surface area contributed by atoms with Crippen molar-refractivity contribution in [1.82, 2.24) is 0 Å². The summed E-state index contributed by atoms with van der Waals surface area (Å²) in [5.74, 6) is -3.21. The van der Waals surface area contributed by atoms with Crippen molar-refractivity contribution in [3.05, 3.63) is 29.8 Å². The van der Waals surface area contributed by atoms with Gasteiger partial charge in [-0.1, -0.05) is 38.5 Å². The van der Waals surface area contributed by atoms with Crippen LogP contribution < -0.4 is 0 Å². The summed E-state index contributed by atoms with van der Waals surface area (Å²) in [4.78, 5) is 38.9. The topological polar surface area (TPSA) is 144 Å². The number of carbonyl (C=O) groups is 3. The zero-order valence-corrected chi connectivity index (χ0v) is 23.4. The van der Waals surface area contributed by atoms with Gasteiger partial charge in [-0.05, 0) is 62.5 Å². The molecule has 3 fully saturated rings. The third kappa shape index (κ3) is 4.38. The maximum absolute atomic E-state index is 13.4. The number of ketones is 1. The lowest BCUT2D eigenvalue weighted by Crippen LogP contribution is -2.64. The first-order valence-corrected chi connectivity index (χ1v) is 14.6. The van der Waals surface area contributed by atoms with Crippen LogP contribution in [0.15, 0.2) is 29.2 Å². The van der Waals surface area contributed by atoms with Crippen LogP contribution in [0, 0.1) is 40.9 Å². The molecule has 0 saturated heterocycles. The Morgan fingerprint density at radius 2 is 1.74 bits per heavy atom. The van der Waals surface area contributed by atoms with Gasteiger partial charge in [-0.3, -0.25) is 13.8 Å². The molecule has 3 aliphatic carbocycles. The number of benzene rings is 1. The van der Waals surface area contributed by atoms with Crippen molar-refractivity contribution in [3.63, 3.8) is 0 Å². The largest absolute Gasteiger partial charge is 0.481 e. The number of esters is 1. The number of hydrogen-bond donors (Lipinski definition) is 2. The van der Waals surface area contributed by atoms with Gasteiger partial charge in [0.1, 0.15) is 11.9 Å². The zero-order chi connectivity index (χ0) is 28.3. The molecule has 0 unspecified atom stereocenters. The van der Waals surface area contributed by atoms with E-state index in [1.165, 1.54) is 19.1 Å². The Kier molecular flexibility index (Phi) is 7.34.